The minimum atomic E-state index is 0.153. The summed E-state index contributed by atoms with van der Waals surface area (Å²) < 4.78 is 0. The Kier molecular flexibility index (Phi) is 3.81. The lowest BCUT2D eigenvalue weighted by Crippen LogP contribution is -2.48. The molecule has 0 spiro atoms. The predicted octanol–water partition coefficient (Wildman–Crippen LogP) is 1.12. The van der Waals surface area contributed by atoms with E-state index < -0.39 is 0 Å². The predicted molar refractivity (Wildman–Crippen MR) is 75.9 cm³/mol. The second-order valence-corrected chi connectivity index (χ2v) is 6.78. The maximum absolute atomic E-state index is 12.4. The molecular formula is C15H27N3O. The summed E-state index contributed by atoms with van der Waals surface area (Å²) in [5.41, 5.74) is 0. The largest absolute Gasteiger partial charge is 0.341 e. The summed E-state index contributed by atoms with van der Waals surface area (Å²) in [5.74, 6) is 1.15. The Labute approximate surface area is 116 Å². The fraction of sp³-hybridized carbons (Fsp3) is 0.933. The van der Waals surface area contributed by atoms with Gasteiger partial charge in [-0.25, -0.2) is 0 Å². The Morgan fingerprint density at radius 2 is 1.89 bits per heavy atom. The van der Waals surface area contributed by atoms with Crippen molar-refractivity contribution in [3.63, 3.8) is 0 Å². The van der Waals surface area contributed by atoms with E-state index >= 15 is 0 Å². The molecule has 0 unspecified atom stereocenters. The summed E-state index contributed by atoms with van der Waals surface area (Å²) in [6.45, 7) is 6.24. The highest BCUT2D eigenvalue weighted by atomic mass is 16.2. The number of amides is 1. The van der Waals surface area contributed by atoms with E-state index in [1.54, 1.807) is 0 Å². The molecule has 3 rings (SSSR count). The van der Waals surface area contributed by atoms with E-state index in [-0.39, 0.29) is 6.04 Å². The van der Waals surface area contributed by atoms with E-state index in [2.05, 4.69) is 29.4 Å². The number of likely N-dealkylation sites (tertiary alicyclic amines) is 1. The molecule has 2 aliphatic heterocycles. The Bertz CT molecular complexity index is 332. The first kappa shape index (κ1) is 13.4. The summed E-state index contributed by atoms with van der Waals surface area (Å²) >= 11 is 0. The molecule has 0 bridgehead atoms. The maximum atomic E-state index is 12.4. The monoisotopic (exact) mass is 265 g/mol. The average Bonchev–Trinajstić information content (AvgIpc) is 3.06. The lowest BCUT2D eigenvalue weighted by molar-refractivity contribution is -0.132. The van der Waals surface area contributed by atoms with Gasteiger partial charge in [0.15, 0.2) is 0 Å². The second-order valence-electron chi connectivity index (χ2n) is 6.78. The molecule has 4 nitrogen and oxygen atoms in total. The minimum Gasteiger partial charge on any atom is -0.341 e. The SMILES string of the molecule is CC(C)NC1CCN(C(=O)[C@H]2N[C@@H]2C2CCC2)CC1. The number of nitrogens with zero attached hydrogens (tertiary/aromatic N) is 1. The highest BCUT2D eigenvalue weighted by Crippen LogP contribution is 2.37. The van der Waals surface area contributed by atoms with Gasteiger partial charge in [-0.2, -0.15) is 0 Å². The Morgan fingerprint density at radius 3 is 2.42 bits per heavy atom. The molecule has 19 heavy (non-hydrogen) atoms. The molecule has 2 atom stereocenters. The van der Waals surface area contributed by atoms with Gasteiger partial charge in [0.25, 0.3) is 0 Å². The van der Waals surface area contributed by atoms with Crippen LogP contribution in [-0.2, 0) is 4.79 Å². The lowest BCUT2D eigenvalue weighted by Gasteiger charge is -2.33. The third kappa shape index (κ3) is 2.95. The van der Waals surface area contributed by atoms with Gasteiger partial charge in [-0.15, -0.1) is 0 Å². The van der Waals surface area contributed by atoms with E-state index in [1.807, 2.05) is 0 Å². The number of carbonyl (C=O) groups excluding carboxylic acids is 1. The van der Waals surface area contributed by atoms with Crippen molar-refractivity contribution in [1.29, 1.82) is 0 Å². The van der Waals surface area contributed by atoms with Crippen LogP contribution in [0, 0.1) is 5.92 Å². The smallest absolute Gasteiger partial charge is 0.241 e. The van der Waals surface area contributed by atoms with Crippen molar-refractivity contribution in [1.82, 2.24) is 15.5 Å². The summed E-state index contributed by atoms with van der Waals surface area (Å²) in [4.78, 5) is 14.5. The molecule has 4 heteroatoms. The molecule has 2 heterocycles. The first-order valence-electron chi connectivity index (χ1n) is 7.96. The topological polar surface area (TPSA) is 54.3 Å². The molecule has 2 saturated heterocycles. The molecule has 1 saturated carbocycles. The van der Waals surface area contributed by atoms with Crippen LogP contribution in [0.15, 0.2) is 0 Å². The highest BCUT2D eigenvalue weighted by molar-refractivity contribution is 5.86. The van der Waals surface area contributed by atoms with Gasteiger partial charge in [0.05, 0.1) is 0 Å². The van der Waals surface area contributed by atoms with E-state index in [0.717, 1.165) is 31.8 Å². The van der Waals surface area contributed by atoms with Gasteiger partial charge in [0, 0.05) is 31.2 Å². The third-order valence-corrected chi connectivity index (χ3v) is 4.92. The van der Waals surface area contributed by atoms with Gasteiger partial charge < -0.3 is 10.2 Å². The van der Waals surface area contributed by atoms with Crippen molar-refractivity contribution in [2.45, 2.75) is 70.1 Å². The van der Waals surface area contributed by atoms with Crippen LogP contribution in [-0.4, -0.2) is 48.1 Å². The lowest BCUT2D eigenvalue weighted by atomic mass is 9.81. The molecule has 0 radical (unpaired) electrons. The van der Waals surface area contributed by atoms with Gasteiger partial charge in [0.2, 0.25) is 5.91 Å². The van der Waals surface area contributed by atoms with Crippen LogP contribution in [0.3, 0.4) is 0 Å². The molecule has 3 fully saturated rings. The van der Waals surface area contributed by atoms with Crippen molar-refractivity contribution < 1.29 is 4.79 Å². The van der Waals surface area contributed by atoms with Gasteiger partial charge in [-0.1, -0.05) is 20.3 Å². The number of nitrogens with one attached hydrogen (secondary N) is 2. The summed E-state index contributed by atoms with van der Waals surface area (Å²) in [5, 5.41) is 6.98. The van der Waals surface area contributed by atoms with Crippen molar-refractivity contribution in [2.24, 2.45) is 5.92 Å². The van der Waals surface area contributed by atoms with E-state index in [9.17, 15) is 4.79 Å². The Morgan fingerprint density at radius 1 is 1.21 bits per heavy atom. The van der Waals surface area contributed by atoms with E-state index in [1.165, 1.54) is 19.3 Å². The average molecular weight is 265 g/mol. The number of rotatable bonds is 4. The fourth-order valence-corrected chi connectivity index (χ4v) is 3.52. The zero-order valence-electron chi connectivity index (χ0n) is 12.2. The molecule has 0 aromatic carbocycles. The summed E-state index contributed by atoms with van der Waals surface area (Å²) in [7, 11) is 0. The van der Waals surface area contributed by atoms with Gasteiger partial charge in [-0.3, -0.25) is 10.1 Å². The summed E-state index contributed by atoms with van der Waals surface area (Å²) in [6, 6.07) is 1.80. The van der Waals surface area contributed by atoms with Crippen LogP contribution in [0.5, 0.6) is 0 Å². The van der Waals surface area contributed by atoms with Crippen molar-refractivity contribution in [2.75, 3.05) is 13.1 Å². The van der Waals surface area contributed by atoms with E-state index in [0.29, 0.717) is 24.0 Å². The quantitative estimate of drug-likeness (QED) is 0.749. The molecule has 108 valence electrons. The third-order valence-electron chi connectivity index (χ3n) is 4.92. The molecule has 1 amide bonds. The van der Waals surface area contributed by atoms with Crippen LogP contribution in [0.25, 0.3) is 0 Å². The van der Waals surface area contributed by atoms with Crippen molar-refractivity contribution in [3.05, 3.63) is 0 Å². The van der Waals surface area contributed by atoms with Crippen LogP contribution in [0.1, 0.15) is 46.0 Å². The normalized spacial score (nSPS) is 32.5. The fourth-order valence-electron chi connectivity index (χ4n) is 3.52. The molecule has 0 aromatic heterocycles. The Hall–Kier alpha value is -0.610. The zero-order valence-corrected chi connectivity index (χ0v) is 12.2. The van der Waals surface area contributed by atoms with Crippen molar-refractivity contribution in [3.8, 4) is 0 Å². The Balaban J connectivity index is 1.42. The minimum absolute atomic E-state index is 0.153. The van der Waals surface area contributed by atoms with Crippen LogP contribution in [0.2, 0.25) is 0 Å². The van der Waals surface area contributed by atoms with Crippen LogP contribution < -0.4 is 10.6 Å². The number of hydrogen-bond donors (Lipinski definition) is 2. The molecular weight excluding hydrogens is 238 g/mol. The first-order valence-corrected chi connectivity index (χ1v) is 7.96. The highest BCUT2D eigenvalue weighted by Gasteiger charge is 2.50. The molecule has 3 aliphatic rings. The van der Waals surface area contributed by atoms with Gasteiger partial charge in [0.1, 0.15) is 6.04 Å². The standard InChI is InChI=1S/C15H27N3O/c1-10(2)16-12-6-8-18(9-7-12)15(19)14-13(17-14)11-4-3-5-11/h10-14,16-17H,3-9H2,1-2H3/t13-,14+/m1/s1. The summed E-state index contributed by atoms with van der Waals surface area (Å²) in [6.07, 6.45) is 6.20. The van der Waals surface area contributed by atoms with Crippen molar-refractivity contribution >= 4 is 5.91 Å². The number of piperidine rings is 1. The maximum Gasteiger partial charge on any atom is 0.241 e. The van der Waals surface area contributed by atoms with Crippen LogP contribution >= 0.6 is 0 Å². The molecule has 0 aromatic rings. The first-order chi connectivity index (χ1) is 9.15. The van der Waals surface area contributed by atoms with Crippen LogP contribution in [0.4, 0.5) is 0 Å². The van der Waals surface area contributed by atoms with Gasteiger partial charge >= 0.3 is 0 Å². The van der Waals surface area contributed by atoms with Gasteiger partial charge in [-0.05, 0) is 31.6 Å². The zero-order chi connectivity index (χ0) is 13.4. The second kappa shape index (κ2) is 5.41. The number of carbonyl (C=O) groups is 1. The molecule has 2 N–H and O–H groups in total. The molecule has 1 aliphatic carbocycles. The van der Waals surface area contributed by atoms with E-state index in [4.69, 9.17) is 0 Å². The number of hydrogen-bond acceptors (Lipinski definition) is 3.